The number of halogens is 1. The predicted molar refractivity (Wildman–Crippen MR) is 134 cm³/mol. The van der Waals surface area contributed by atoms with Crippen LogP contribution in [-0.4, -0.2) is 47.7 Å². The van der Waals surface area contributed by atoms with Gasteiger partial charge in [0.05, 0.1) is 0 Å². The summed E-state index contributed by atoms with van der Waals surface area (Å²) in [7, 11) is 0. The quantitative estimate of drug-likeness (QED) is 0.459. The van der Waals surface area contributed by atoms with E-state index >= 15 is 0 Å². The Morgan fingerprint density at radius 2 is 1.63 bits per heavy atom. The van der Waals surface area contributed by atoms with E-state index in [4.69, 9.17) is 4.74 Å². The van der Waals surface area contributed by atoms with Crippen molar-refractivity contribution in [3.63, 3.8) is 0 Å². The second-order valence-electron chi connectivity index (χ2n) is 9.21. The van der Waals surface area contributed by atoms with Crippen molar-refractivity contribution in [1.82, 2.24) is 4.90 Å². The fourth-order valence-corrected chi connectivity index (χ4v) is 5.29. The standard InChI is InChI=1S/C27H23BrN2O5/c1-27(25(32)33)14-30(15-27)24(31)16-10-17(28)12-18(11-16)29-26(34)35-13-23-21-8-4-2-6-19(21)20-7-3-5-9-22(20)23/h2-12,23H,13-15H2,1H3,(H,29,34)(H,32,33). The number of hydrogen-bond acceptors (Lipinski definition) is 4. The summed E-state index contributed by atoms with van der Waals surface area (Å²) in [6.07, 6.45) is -0.620. The van der Waals surface area contributed by atoms with Gasteiger partial charge in [0.1, 0.15) is 12.0 Å². The molecule has 0 saturated carbocycles. The van der Waals surface area contributed by atoms with Gasteiger partial charge >= 0.3 is 12.1 Å². The Kier molecular flexibility index (Phi) is 5.84. The number of carboxylic acids is 1. The summed E-state index contributed by atoms with van der Waals surface area (Å²) in [6.45, 7) is 2.08. The number of amides is 2. The van der Waals surface area contributed by atoms with Crippen molar-refractivity contribution in [3.05, 3.63) is 87.9 Å². The highest BCUT2D eigenvalue weighted by Crippen LogP contribution is 2.44. The molecule has 2 amide bonds. The lowest BCUT2D eigenvalue weighted by Crippen LogP contribution is -2.60. The molecule has 0 bridgehead atoms. The Bertz CT molecular complexity index is 1300. The fourth-order valence-electron chi connectivity index (χ4n) is 4.80. The summed E-state index contributed by atoms with van der Waals surface area (Å²) in [6, 6.07) is 21.1. The van der Waals surface area contributed by atoms with Gasteiger partial charge < -0.3 is 14.7 Å². The molecule has 178 valence electrons. The number of benzene rings is 3. The van der Waals surface area contributed by atoms with Gasteiger partial charge in [0, 0.05) is 34.7 Å². The molecule has 0 unspecified atom stereocenters. The summed E-state index contributed by atoms with van der Waals surface area (Å²) >= 11 is 3.38. The number of nitrogens with one attached hydrogen (secondary N) is 1. The van der Waals surface area contributed by atoms with E-state index in [9.17, 15) is 19.5 Å². The Hall–Kier alpha value is -3.65. The fraction of sp³-hybridized carbons (Fsp3) is 0.222. The zero-order valence-electron chi connectivity index (χ0n) is 19.0. The van der Waals surface area contributed by atoms with E-state index in [0.29, 0.717) is 15.7 Å². The number of carboxylic acid groups (broad SMARTS) is 1. The number of rotatable bonds is 5. The lowest BCUT2D eigenvalue weighted by Gasteiger charge is -2.44. The molecule has 1 aliphatic carbocycles. The van der Waals surface area contributed by atoms with Crippen molar-refractivity contribution in [2.45, 2.75) is 12.8 Å². The minimum atomic E-state index is -0.927. The molecule has 0 radical (unpaired) electrons. The molecule has 35 heavy (non-hydrogen) atoms. The number of nitrogens with zero attached hydrogens (tertiary/aromatic N) is 1. The van der Waals surface area contributed by atoms with Crippen LogP contribution in [0.5, 0.6) is 0 Å². The normalized spacial score (nSPS) is 15.5. The van der Waals surface area contributed by atoms with Gasteiger partial charge in [-0.2, -0.15) is 0 Å². The van der Waals surface area contributed by atoms with Crippen molar-refractivity contribution in [3.8, 4) is 11.1 Å². The van der Waals surface area contributed by atoms with Gasteiger partial charge in [-0.3, -0.25) is 14.9 Å². The first-order valence-electron chi connectivity index (χ1n) is 11.2. The molecule has 0 spiro atoms. The number of aliphatic carboxylic acids is 1. The average molecular weight is 535 g/mol. The average Bonchev–Trinajstić information content (AvgIpc) is 3.13. The van der Waals surface area contributed by atoms with Crippen LogP contribution in [-0.2, 0) is 9.53 Å². The van der Waals surface area contributed by atoms with E-state index < -0.39 is 17.5 Å². The van der Waals surface area contributed by atoms with Gasteiger partial charge in [-0.25, -0.2) is 4.79 Å². The van der Waals surface area contributed by atoms with Crippen LogP contribution >= 0.6 is 15.9 Å². The lowest BCUT2D eigenvalue weighted by molar-refractivity contribution is -0.155. The van der Waals surface area contributed by atoms with E-state index in [0.717, 1.165) is 22.3 Å². The molecular weight excluding hydrogens is 512 g/mol. The van der Waals surface area contributed by atoms with E-state index in [1.54, 1.807) is 25.1 Å². The summed E-state index contributed by atoms with van der Waals surface area (Å²) in [5.74, 6) is -1.27. The van der Waals surface area contributed by atoms with Crippen LogP contribution in [0.4, 0.5) is 10.5 Å². The lowest BCUT2D eigenvalue weighted by atomic mass is 9.81. The maximum Gasteiger partial charge on any atom is 0.411 e. The number of ether oxygens (including phenoxy) is 1. The highest BCUT2D eigenvalue weighted by atomic mass is 79.9. The van der Waals surface area contributed by atoms with Crippen molar-refractivity contribution in [2.24, 2.45) is 5.41 Å². The molecule has 2 N–H and O–H groups in total. The minimum Gasteiger partial charge on any atom is -0.481 e. The molecule has 1 heterocycles. The zero-order chi connectivity index (χ0) is 24.7. The molecule has 8 heteroatoms. The number of carbonyl (C=O) groups excluding carboxylic acids is 2. The third kappa shape index (κ3) is 4.30. The van der Waals surface area contributed by atoms with E-state index in [-0.39, 0.29) is 31.5 Å². The molecule has 1 aliphatic heterocycles. The van der Waals surface area contributed by atoms with E-state index in [1.165, 1.54) is 4.90 Å². The van der Waals surface area contributed by atoms with Gasteiger partial charge in [-0.15, -0.1) is 0 Å². The number of hydrogen-bond donors (Lipinski definition) is 2. The SMILES string of the molecule is CC1(C(=O)O)CN(C(=O)c2cc(Br)cc(NC(=O)OCC3c4ccccc4-c4ccccc43)c2)C1. The summed E-state index contributed by atoms with van der Waals surface area (Å²) in [5.41, 5.74) is 4.38. The second kappa shape index (κ2) is 8.85. The van der Waals surface area contributed by atoms with E-state index in [1.807, 2.05) is 24.3 Å². The van der Waals surface area contributed by atoms with Crippen LogP contribution in [0.3, 0.4) is 0 Å². The van der Waals surface area contributed by atoms with Crippen LogP contribution in [0.1, 0.15) is 34.3 Å². The first-order chi connectivity index (χ1) is 16.7. The Morgan fingerprint density at radius 1 is 1.03 bits per heavy atom. The van der Waals surface area contributed by atoms with E-state index in [2.05, 4.69) is 45.5 Å². The molecule has 0 atom stereocenters. The molecule has 1 fully saturated rings. The molecule has 0 aromatic heterocycles. The maximum absolute atomic E-state index is 12.8. The summed E-state index contributed by atoms with van der Waals surface area (Å²) in [5, 5.41) is 12.0. The monoisotopic (exact) mass is 534 g/mol. The van der Waals surface area contributed by atoms with Gasteiger partial charge in [0.25, 0.3) is 5.91 Å². The first kappa shape index (κ1) is 23.1. The van der Waals surface area contributed by atoms with Gasteiger partial charge in [0.15, 0.2) is 0 Å². The Balaban J connectivity index is 1.25. The van der Waals surface area contributed by atoms with Crippen molar-refractivity contribution in [1.29, 1.82) is 0 Å². The molecular formula is C27H23BrN2O5. The Labute approximate surface area is 210 Å². The summed E-state index contributed by atoms with van der Waals surface area (Å²) in [4.78, 5) is 38.3. The second-order valence-corrected chi connectivity index (χ2v) is 10.1. The number of likely N-dealkylation sites (tertiary alicyclic amines) is 1. The minimum absolute atomic E-state index is 0.0530. The van der Waals surface area contributed by atoms with Crippen LogP contribution in [0.25, 0.3) is 11.1 Å². The first-order valence-corrected chi connectivity index (χ1v) is 12.0. The number of fused-ring (bicyclic) bond motifs is 3. The highest BCUT2D eigenvalue weighted by molar-refractivity contribution is 9.10. The van der Waals surface area contributed by atoms with Crippen molar-refractivity contribution < 1.29 is 24.2 Å². The molecule has 7 nitrogen and oxygen atoms in total. The predicted octanol–water partition coefficient (Wildman–Crippen LogP) is 5.36. The van der Waals surface area contributed by atoms with Crippen LogP contribution in [0.2, 0.25) is 0 Å². The van der Waals surface area contributed by atoms with Crippen molar-refractivity contribution in [2.75, 3.05) is 25.0 Å². The topological polar surface area (TPSA) is 95.9 Å². The third-order valence-corrected chi connectivity index (χ3v) is 7.08. The smallest absolute Gasteiger partial charge is 0.411 e. The van der Waals surface area contributed by atoms with Crippen LogP contribution < -0.4 is 5.32 Å². The van der Waals surface area contributed by atoms with Crippen LogP contribution in [0, 0.1) is 5.41 Å². The molecule has 3 aromatic rings. The zero-order valence-corrected chi connectivity index (χ0v) is 20.5. The third-order valence-electron chi connectivity index (χ3n) is 6.62. The molecule has 5 rings (SSSR count). The molecule has 3 aromatic carbocycles. The number of anilines is 1. The maximum atomic E-state index is 12.8. The van der Waals surface area contributed by atoms with Gasteiger partial charge in [-0.1, -0.05) is 64.5 Å². The molecule has 2 aliphatic rings. The molecule has 1 saturated heterocycles. The Morgan fingerprint density at radius 3 is 2.23 bits per heavy atom. The highest BCUT2D eigenvalue weighted by Gasteiger charge is 2.47. The van der Waals surface area contributed by atoms with Gasteiger partial charge in [0.2, 0.25) is 0 Å². The van der Waals surface area contributed by atoms with Crippen molar-refractivity contribution >= 4 is 39.6 Å². The largest absolute Gasteiger partial charge is 0.481 e. The number of carbonyl (C=O) groups is 3. The van der Waals surface area contributed by atoms with Gasteiger partial charge in [-0.05, 0) is 47.4 Å². The summed E-state index contributed by atoms with van der Waals surface area (Å²) < 4.78 is 6.20. The van der Waals surface area contributed by atoms with Crippen LogP contribution in [0.15, 0.2) is 71.2 Å².